The van der Waals surface area contributed by atoms with E-state index in [0.717, 1.165) is 24.4 Å². The lowest BCUT2D eigenvalue weighted by molar-refractivity contribution is -0.124. The predicted molar refractivity (Wildman–Crippen MR) is 113 cm³/mol. The van der Waals surface area contributed by atoms with Gasteiger partial charge in [0.1, 0.15) is 5.75 Å². The molecule has 2 N–H and O–H groups in total. The minimum atomic E-state index is -0.257. The van der Waals surface area contributed by atoms with Crippen molar-refractivity contribution in [2.24, 2.45) is 0 Å². The summed E-state index contributed by atoms with van der Waals surface area (Å²) >= 11 is 0. The average molecular weight is 371 g/mol. The van der Waals surface area contributed by atoms with Gasteiger partial charge in [-0.05, 0) is 50.6 Å². The van der Waals surface area contributed by atoms with Crippen LogP contribution in [-0.2, 0) is 11.3 Å². The number of nitrogens with one attached hydrogen (secondary N) is 2. The number of amides is 1. The van der Waals surface area contributed by atoms with E-state index in [1.165, 1.54) is 36.5 Å². The molecule has 0 fully saturated rings. The van der Waals surface area contributed by atoms with Crippen LogP contribution in [0, 0.1) is 0 Å². The molecular formula is C23H34N2O2. The van der Waals surface area contributed by atoms with Crippen molar-refractivity contribution in [2.45, 2.75) is 65.5 Å². The molecule has 148 valence electrons. The van der Waals surface area contributed by atoms with Crippen LogP contribution in [0.2, 0.25) is 0 Å². The number of ether oxygens (including phenoxy) is 1. The molecular weight excluding hydrogens is 336 g/mol. The van der Waals surface area contributed by atoms with E-state index in [1.54, 1.807) is 0 Å². The van der Waals surface area contributed by atoms with Gasteiger partial charge in [0.2, 0.25) is 0 Å². The maximum absolute atomic E-state index is 12.1. The molecule has 27 heavy (non-hydrogen) atoms. The van der Waals surface area contributed by atoms with Crippen molar-refractivity contribution >= 4 is 16.7 Å². The molecule has 0 spiro atoms. The molecule has 0 aliphatic carbocycles. The van der Waals surface area contributed by atoms with Crippen molar-refractivity contribution in [2.75, 3.05) is 13.2 Å². The molecule has 0 unspecified atom stereocenters. The molecule has 2 rings (SSSR count). The van der Waals surface area contributed by atoms with Crippen LogP contribution in [0.4, 0.5) is 0 Å². The fourth-order valence-corrected chi connectivity index (χ4v) is 3.12. The number of benzene rings is 2. The number of hydrogen-bond acceptors (Lipinski definition) is 3. The molecule has 0 aliphatic heterocycles. The molecule has 1 amide bonds. The molecule has 4 nitrogen and oxygen atoms in total. The number of rotatable bonds is 10. The molecule has 0 saturated heterocycles. The molecule has 0 heterocycles. The van der Waals surface area contributed by atoms with Crippen molar-refractivity contribution in [3.63, 3.8) is 0 Å². The molecule has 0 atom stereocenters. The maximum atomic E-state index is 12.1. The zero-order valence-corrected chi connectivity index (χ0v) is 17.2. The van der Waals surface area contributed by atoms with Crippen LogP contribution in [0.3, 0.4) is 0 Å². The Labute approximate surface area is 163 Å². The summed E-state index contributed by atoms with van der Waals surface area (Å²) in [5.41, 5.74) is 0.860. The third-order valence-corrected chi connectivity index (χ3v) is 4.38. The summed E-state index contributed by atoms with van der Waals surface area (Å²) < 4.78 is 5.90. The third kappa shape index (κ3) is 7.22. The van der Waals surface area contributed by atoms with Crippen molar-refractivity contribution in [3.05, 3.63) is 42.0 Å². The second-order valence-electron chi connectivity index (χ2n) is 8.09. The number of unbranched alkanes of at least 4 members (excludes halogenated alkanes) is 3. The highest BCUT2D eigenvalue weighted by atomic mass is 16.5. The van der Waals surface area contributed by atoms with Gasteiger partial charge in [-0.3, -0.25) is 4.79 Å². The van der Waals surface area contributed by atoms with E-state index in [1.807, 2.05) is 39.0 Å². The summed E-state index contributed by atoms with van der Waals surface area (Å²) in [5.74, 6) is 0.674. The van der Waals surface area contributed by atoms with Gasteiger partial charge in [-0.15, -0.1) is 0 Å². The lowest BCUT2D eigenvalue weighted by atomic mass is 10.0. The van der Waals surface area contributed by atoms with Gasteiger partial charge < -0.3 is 15.4 Å². The zero-order chi connectivity index (χ0) is 19.7. The van der Waals surface area contributed by atoms with Gasteiger partial charge in [-0.1, -0.05) is 56.5 Å². The van der Waals surface area contributed by atoms with Gasteiger partial charge in [-0.2, -0.15) is 0 Å². The second-order valence-corrected chi connectivity index (χ2v) is 8.09. The monoisotopic (exact) mass is 370 g/mol. The van der Waals surface area contributed by atoms with E-state index in [-0.39, 0.29) is 18.1 Å². The quantitative estimate of drug-likeness (QED) is 0.591. The number of carbonyl (C=O) groups is 1. The minimum absolute atomic E-state index is 0.0269. The van der Waals surface area contributed by atoms with Gasteiger partial charge in [0.05, 0.1) is 0 Å². The lowest BCUT2D eigenvalue weighted by Crippen LogP contribution is -2.43. The first kappa shape index (κ1) is 21.2. The van der Waals surface area contributed by atoms with Crippen molar-refractivity contribution in [1.82, 2.24) is 10.6 Å². The normalized spacial score (nSPS) is 11.6. The minimum Gasteiger partial charge on any atom is -0.483 e. The Bertz CT molecular complexity index is 735. The average Bonchev–Trinajstić information content (AvgIpc) is 2.62. The molecule has 0 aromatic heterocycles. The van der Waals surface area contributed by atoms with Crippen molar-refractivity contribution in [3.8, 4) is 5.75 Å². The first-order valence-electron chi connectivity index (χ1n) is 10.1. The van der Waals surface area contributed by atoms with Gasteiger partial charge >= 0.3 is 0 Å². The molecule has 4 heteroatoms. The molecule has 0 bridgehead atoms. The third-order valence-electron chi connectivity index (χ3n) is 4.38. The first-order chi connectivity index (χ1) is 12.9. The largest absolute Gasteiger partial charge is 0.483 e. The highest BCUT2D eigenvalue weighted by molar-refractivity contribution is 5.88. The number of carbonyl (C=O) groups excluding carboxylic acids is 1. The lowest BCUT2D eigenvalue weighted by Gasteiger charge is -2.21. The molecule has 2 aromatic rings. The van der Waals surface area contributed by atoms with Crippen molar-refractivity contribution < 1.29 is 9.53 Å². The second kappa shape index (κ2) is 10.3. The summed E-state index contributed by atoms with van der Waals surface area (Å²) in [6.07, 6.45) is 4.98. The van der Waals surface area contributed by atoms with E-state index in [0.29, 0.717) is 0 Å². The van der Waals surface area contributed by atoms with Crippen LogP contribution in [0.5, 0.6) is 5.75 Å². The van der Waals surface area contributed by atoms with Gasteiger partial charge in [0.25, 0.3) is 5.91 Å². The van der Waals surface area contributed by atoms with Crippen LogP contribution in [-0.4, -0.2) is 24.6 Å². The Kier molecular flexibility index (Phi) is 8.11. The highest BCUT2D eigenvalue weighted by Gasteiger charge is 2.15. The molecule has 0 saturated carbocycles. The summed E-state index contributed by atoms with van der Waals surface area (Å²) in [6, 6.07) is 12.3. The topological polar surface area (TPSA) is 50.4 Å². The Morgan fingerprint density at radius 1 is 1.04 bits per heavy atom. The highest BCUT2D eigenvalue weighted by Crippen LogP contribution is 2.28. The number of hydrogen-bond donors (Lipinski definition) is 2. The van der Waals surface area contributed by atoms with Crippen molar-refractivity contribution in [1.29, 1.82) is 0 Å². The summed E-state index contributed by atoms with van der Waals surface area (Å²) in [7, 11) is 0. The first-order valence-corrected chi connectivity index (χ1v) is 10.1. The smallest absolute Gasteiger partial charge is 0.258 e. The standard InChI is InChI=1S/C23H34N2O2/c1-5-6-7-10-15-24-16-20-19-12-9-8-11-18(19)13-14-21(20)27-17-22(26)25-23(2,3)4/h8-9,11-14,24H,5-7,10,15-17H2,1-4H3,(H,25,26). The molecule has 0 radical (unpaired) electrons. The van der Waals surface area contributed by atoms with Crippen LogP contribution in [0.15, 0.2) is 36.4 Å². The van der Waals surface area contributed by atoms with Crippen LogP contribution in [0.1, 0.15) is 58.9 Å². The van der Waals surface area contributed by atoms with E-state index in [9.17, 15) is 4.79 Å². The maximum Gasteiger partial charge on any atom is 0.258 e. The van der Waals surface area contributed by atoms with Crippen LogP contribution < -0.4 is 15.4 Å². The summed E-state index contributed by atoms with van der Waals surface area (Å²) in [4.78, 5) is 12.1. The van der Waals surface area contributed by atoms with Crippen LogP contribution >= 0.6 is 0 Å². The van der Waals surface area contributed by atoms with E-state index in [4.69, 9.17) is 4.74 Å². The number of fused-ring (bicyclic) bond motifs is 1. The molecule has 2 aromatic carbocycles. The van der Waals surface area contributed by atoms with E-state index >= 15 is 0 Å². The Morgan fingerprint density at radius 3 is 2.56 bits per heavy atom. The van der Waals surface area contributed by atoms with E-state index < -0.39 is 0 Å². The Hall–Kier alpha value is -2.07. The fraction of sp³-hybridized carbons (Fsp3) is 0.522. The predicted octanol–water partition coefficient (Wildman–Crippen LogP) is 4.80. The summed E-state index contributed by atoms with van der Waals surface area (Å²) in [6.45, 7) is 9.89. The van der Waals surface area contributed by atoms with Crippen LogP contribution in [0.25, 0.3) is 10.8 Å². The van der Waals surface area contributed by atoms with Gasteiger partial charge in [0, 0.05) is 17.6 Å². The molecule has 0 aliphatic rings. The zero-order valence-electron chi connectivity index (χ0n) is 17.2. The van der Waals surface area contributed by atoms with Gasteiger partial charge in [0.15, 0.2) is 6.61 Å². The van der Waals surface area contributed by atoms with Gasteiger partial charge in [-0.25, -0.2) is 0 Å². The SMILES string of the molecule is CCCCCCNCc1c(OCC(=O)NC(C)(C)C)ccc2ccccc12. The Balaban J connectivity index is 2.06. The van der Waals surface area contributed by atoms with E-state index in [2.05, 4.69) is 35.8 Å². The fourth-order valence-electron chi connectivity index (χ4n) is 3.12. The Morgan fingerprint density at radius 2 is 1.81 bits per heavy atom. The summed E-state index contributed by atoms with van der Waals surface area (Å²) in [5, 5.41) is 8.84.